The second-order valence-electron chi connectivity index (χ2n) is 11.3. The van der Waals surface area contributed by atoms with Crippen molar-refractivity contribution in [2.45, 2.75) is 152 Å². The lowest BCUT2D eigenvalue weighted by Gasteiger charge is -2.55. The van der Waals surface area contributed by atoms with Gasteiger partial charge in [-0.3, -0.25) is 4.79 Å². The molecular weight excluding hydrogens is 524 g/mol. The minimum Gasteiger partial charge on any atom is -0.394 e. The molecule has 0 saturated carbocycles. The monoisotopic (exact) mass is 578 g/mol. The van der Waals surface area contributed by atoms with Crippen molar-refractivity contribution >= 4 is 5.91 Å². The van der Waals surface area contributed by atoms with Crippen LogP contribution in [0.2, 0.25) is 0 Å². The molecule has 0 aliphatic carbocycles. The molecule has 12 unspecified atom stereocenters. The summed E-state index contributed by atoms with van der Waals surface area (Å²) < 4.78 is 25.2. The summed E-state index contributed by atoms with van der Waals surface area (Å²) in [6, 6.07) is -1.98. The Balaban J connectivity index is 2.55. The number of ether oxygens (including phenoxy) is 4. The van der Waals surface area contributed by atoms with Crippen molar-refractivity contribution in [2.75, 3.05) is 20.3 Å². The van der Waals surface area contributed by atoms with Crippen LogP contribution in [0.5, 0.6) is 0 Å². The van der Waals surface area contributed by atoms with E-state index in [1.54, 1.807) is 7.11 Å². The van der Waals surface area contributed by atoms with Gasteiger partial charge < -0.3 is 55.5 Å². The molecule has 2 aliphatic heterocycles. The molecule has 0 aromatic carbocycles. The van der Waals surface area contributed by atoms with Gasteiger partial charge in [0, 0.05) is 14.0 Å². The standard InChI is InChI=1S/C28H54N2O10/c1-7-11-13-27(9-3,37-6)26-20(30-16(5)33)23(36)24(18(15-32)39-26)40-28(10-4,12-8-2)25-19(29)22(35)21(34)17(14-31)38-25/h17-26,31-32,34-36H,7-15,29H2,1-6H3,(H,30,33). The zero-order valence-electron chi connectivity index (χ0n) is 25.0. The lowest BCUT2D eigenvalue weighted by Crippen LogP contribution is -2.73. The maximum absolute atomic E-state index is 12.3. The van der Waals surface area contributed by atoms with E-state index in [1.807, 2.05) is 20.8 Å². The molecule has 2 rings (SSSR count). The molecule has 236 valence electrons. The smallest absolute Gasteiger partial charge is 0.217 e. The van der Waals surface area contributed by atoms with Gasteiger partial charge in [0.1, 0.15) is 48.8 Å². The molecule has 0 radical (unpaired) electrons. The number of aliphatic hydroxyl groups is 5. The number of nitrogens with two attached hydrogens (primary N) is 1. The number of carbonyl (C=O) groups excluding carboxylic acids is 1. The minimum absolute atomic E-state index is 0.337. The van der Waals surface area contributed by atoms with Crippen LogP contribution in [0.15, 0.2) is 0 Å². The first-order chi connectivity index (χ1) is 19.0. The van der Waals surface area contributed by atoms with Gasteiger partial charge in [-0.2, -0.15) is 0 Å². The molecule has 0 spiro atoms. The highest BCUT2D eigenvalue weighted by Crippen LogP contribution is 2.42. The fraction of sp³-hybridized carbons (Fsp3) is 0.964. The van der Waals surface area contributed by atoms with Crippen molar-refractivity contribution < 1.29 is 49.3 Å². The first-order valence-electron chi connectivity index (χ1n) is 14.8. The predicted molar refractivity (Wildman–Crippen MR) is 147 cm³/mol. The van der Waals surface area contributed by atoms with E-state index in [0.29, 0.717) is 32.1 Å². The number of unbranched alkanes of at least 4 members (excludes halogenated alkanes) is 1. The van der Waals surface area contributed by atoms with E-state index < -0.39 is 85.3 Å². The molecule has 0 bridgehead atoms. The Bertz CT molecular complexity index is 769. The molecule has 40 heavy (non-hydrogen) atoms. The van der Waals surface area contributed by atoms with Crippen molar-refractivity contribution in [3.05, 3.63) is 0 Å². The molecule has 1 amide bonds. The Kier molecular flexibility index (Phi) is 13.7. The van der Waals surface area contributed by atoms with Gasteiger partial charge >= 0.3 is 0 Å². The molecule has 12 nitrogen and oxygen atoms in total. The summed E-state index contributed by atoms with van der Waals surface area (Å²) in [6.07, 6.45) is -4.75. The summed E-state index contributed by atoms with van der Waals surface area (Å²) in [7, 11) is 1.58. The van der Waals surface area contributed by atoms with E-state index >= 15 is 0 Å². The minimum atomic E-state index is -1.38. The van der Waals surface area contributed by atoms with E-state index in [0.717, 1.165) is 12.8 Å². The third kappa shape index (κ3) is 7.16. The second kappa shape index (κ2) is 15.5. The van der Waals surface area contributed by atoms with Crippen molar-refractivity contribution in [1.29, 1.82) is 0 Å². The van der Waals surface area contributed by atoms with Crippen LogP contribution < -0.4 is 11.1 Å². The van der Waals surface area contributed by atoms with Gasteiger partial charge in [-0.15, -0.1) is 0 Å². The van der Waals surface area contributed by atoms with Crippen molar-refractivity contribution in [2.24, 2.45) is 5.73 Å². The van der Waals surface area contributed by atoms with E-state index in [9.17, 15) is 30.3 Å². The summed E-state index contributed by atoms with van der Waals surface area (Å²) in [5.41, 5.74) is 4.34. The van der Waals surface area contributed by atoms with Crippen molar-refractivity contribution in [3.8, 4) is 0 Å². The Morgan fingerprint density at radius 2 is 1.48 bits per heavy atom. The van der Waals surface area contributed by atoms with E-state index in [1.165, 1.54) is 6.92 Å². The third-order valence-electron chi connectivity index (χ3n) is 8.88. The van der Waals surface area contributed by atoms with E-state index in [-0.39, 0.29) is 5.91 Å². The first kappa shape index (κ1) is 35.3. The van der Waals surface area contributed by atoms with Gasteiger partial charge in [-0.05, 0) is 25.7 Å². The predicted octanol–water partition coefficient (Wildman–Crippen LogP) is -0.260. The average Bonchev–Trinajstić information content (AvgIpc) is 2.94. The van der Waals surface area contributed by atoms with Gasteiger partial charge in [-0.25, -0.2) is 0 Å². The van der Waals surface area contributed by atoms with Crippen LogP contribution in [-0.2, 0) is 23.7 Å². The molecule has 12 atom stereocenters. The number of nitrogens with one attached hydrogen (secondary N) is 1. The van der Waals surface area contributed by atoms with Gasteiger partial charge in [0.25, 0.3) is 0 Å². The lowest BCUT2D eigenvalue weighted by atomic mass is 9.77. The van der Waals surface area contributed by atoms with Gasteiger partial charge in [0.15, 0.2) is 0 Å². The van der Waals surface area contributed by atoms with Gasteiger partial charge in [-0.1, -0.05) is 47.0 Å². The summed E-state index contributed by atoms with van der Waals surface area (Å²) >= 11 is 0. The van der Waals surface area contributed by atoms with Crippen molar-refractivity contribution in [3.63, 3.8) is 0 Å². The topological polar surface area (TPSA) is 193 Å². The molecule has 8 N–H and O–H groups in total. The Hall–Kier alpha value is -0.930. The van der Waals surface area contributed by atoms with Crippen LogP contribution in [0.4, 0.5) is 0 Å². The number of rotatable bonds is 15. The van der Waals surface area contributed by atoms with Crippen LogP contribution in [0.3, 0.4) is 0 Å². The Labute approximate surface area is 238 Å². The molecule has 2 aliphatic rings. The number of hydrogen-bond donors (Lipinski definition) is 7. The van der Waals surface area contributed by atoms with E-state index in [2.05, 4.69) is 12.2 Å². The largest absolute Gasteiger partial charge is 0.394 e. The number of aliphatic hydroxyl groups excluding tert-OH is 5. The third-order valence-corrected chi connectivity index (χ3v) is 8.88. The number of carbonyl (C=O) groups is 1. The van der Waals surface area contributed by atoms with Crippen LogP contribution in [0.1, 0.15) is 79.6 Å². The molecular formula is C28H54N2O10. The molecule has 2 heterocycles. The fourth-order valence-corrected chi connectivity index (χ4v) is 6.49. The SMILES string of the molecule is CCCCC(CC)(OC)C1OC(CO)C(OC(CC)(CCC)C2OC(CO)C(O)C(O)C2N)C(O)C1NC(C)=O. The number of hydrogen-bond acceptors (Lipinski definition) is 11. The first-order valence-corrected chi connectivity index (χ1v) is 14.8. The summed E-state index contributed by atoms with van der Waals surface area (Å²) in [6.45, 7) is 8.15. The summed E-state index contributed by atoms with van der Waals surface area (Å²) in [5.74, 6) is -0.369. The normalized spacial score (nSPS) is 37.9. The van der Waals surface area contributed by atoms with E-state index in [4.69, 9.17) is 24.7 Å². The Morgan fingerprint density at radius 3 is 1.95 bits per heavy atom. The van der Waals surface area contributed by atoms with Crippen LogP contribution in [-0.4, -0.2) is 124 Å². The highest BCUT2D eigenvalue weighted by molar-refractivity contribution is 5.73. The highest BCUT2D eigenvalue weighted by Gasteiger charge is 2.58. The lowest BCUT2D eigenvalue weighted by molar-refractivity contribution is -0.306. The van der Waals surface area contributed by atoms with Crippen molar-refractivity contribution in [1.82, 2.24) is 5.32 Å². The maximum Gasteiger partial charge on any atom is 0.217 e. The zero-order valence-corrected chi connectivity index (χ0v) is 25.0. The van der Waals surface area contributed by atoms with Crippen LogP contribution in [0, 0.1) is 0 Å². The van der Waals surface area contributed by atoms with Crippen LogP contribution in [0.25, 0.3) is 0 Å². The summed E-state index contributed by atoms with van der Waals surface area (Å²) in [5, 5.41) is 56.0. The molecule has 2 saturated heterocycles. The number of amides is 1. The number of methoxy groups -OCH3 is 1. The summed E-state index contributed by atoms with van der Waals surface area (Å²) in [4.78, 5) is 12.3. The molecule has 0 aromatic rings. The molecule has 0 aromatic heterocycles. The van der Waals surface area contributed by atoms with Gasteiger partial charge in [0.2, 0.25) is 5.91 Å². The highest BCUT2D eigenvalue weighted by atomic mass is 16.6. The van der Waals surface area contributed by atoms with Crippen LogP contribution >= 0.6 is 0 Å². The molecule has 12 heteroatoms. The maximum atomic E-state index is 12.3. The zero-order chi connectivity index (χ0) is 30.3. The fourth-order valence-electron chi connectivity index (χ4n) is 6.49. The molecule has 2 fully saturated rings. The van der Waals surface area contributed by atoms with Gasteiger partial charge in [0.05, 0.1) is 36.5 Å². The quantitative estimate of drug-likeness (QED) is 0.135. The second-order valence-corrected chi connectivity index (χ2v) is 11.3. The average molecular weight is 579 g/mol. The Morgan fingerprint density at radius 1 is 0.875 bits per heavy atom.